The SMILES string of the molecule is C=CN1/C(=N\C)CO[C@@H]2Cc3ccccc3[C@@H]21. The summed E-state index contributed by atoms with van der Waals surface area (Å²) in [5, 5.41) is 0. The van der Waals surface area contributed by atoms with Crippen molar-refractivity contribution in [1.29, 1.82) is 0 Å². The van der Waals surface area contributed by atoms with E-state index in [9.17, 15) is 0 Å². The monoisotopic (exact) mass is 228 g/mol. The van der Waals surface area contributed by atoms with Crippen LogP contribution in [0.15, 0.2) is 42.0 Å². The predicted octanol–water partition coefficient (Wildman–Crippen LogP) is 2.16. The highest BCUT2D eigenvalue weighted by atomic mass is 16.5. The molecule has 2 atom stereocenters. The Balaban J connectivity index is 2.06. The van der Waals surface area contributed by atoms with Crippen molar-refractivity contribution in [2.45, 2.75) is 18.6 Å². The van der Waals surface area contributed by atoms with Gasteiger partial charge in [0.2, 0.25) is 0 Å². The second-order valence-electron chi connectivity index (χ2n) is 4.43. The highest BCUT2D eigenvalue weighted by Crippen LogP contribution is 2.40. The number of rotatable bonds is 1. The van der Waals surface area contributed by atoms with Crippen LogP contribution in [0.4, 0.5) is 0 Å². The van der Waals surface area contributed by atoms with Gasteiger partial charge in [-0.15, -0.1) is 0 Å². The van der Waals surface area contributed by atoms with Crippen LogP contribution < -0.4 is 0 Å². The van der Waals surface area contributed by atoms with E-state index in [0.717, 1.165) is 12.3 Å². The number of benzene rings is 1. The van der Waals surface area contributed by atoms with Crippen molar-refractivity contribution in [1.82, 2.24) is 4.90 Å². The number of amidine groups is 1. The van der Waals surface area contributed by atoms with E-state index in [2.05, 4.69) is 40.7 Å². The summed E-state index contributed by atoms with van der Waals surface area (Å²) in [6.45, 7) is 4.49. The summed E-state index contributed by atoms with van der Waals surface area (Å²) in [7, 11) is 1.80. The molecule has 17 heavy (non-hydrogen) atoms. The van der Waals surface area contributed by atoms with Crippen molar-refractivity contribution in [2.75, 3.05) is 13.7 Å². The zero-order chi connectivity index (χ0) is 11.8. The first-order chi connectivity index (χ1) is 8.35. The molecule has 2 aliphatic rings. The molecule has 0 spiro atoms. The minimum absolute atomic E-state index is 0.232. The molecule has 1 aromatic rings. The lowest BCUT2D eigenvalue weighted by Crippen LogP contribution is -2.44. The second kappa shape index (κ2) is 4.00. The molecule has 3 rings (SSSR count). The molecule has 0 amide bonds. The Labute approximate surface area is 101 Å². The van der Waals surface area contributed by atoms with Crippen molar-refractivity contribution < 1.29 is 4.74 Å². The molecule has 1 saturated heterocycles. The molecule has 0 radical (unpaired) electrons. The van der Waals surface area contributed by atoms with Gasteiger partial charge in [0.15, 0.2) is 0 Å². The summed E-state index contributed by atoms with van der Waals surface area (Å²) in [6.07, 6.45) is 3.09. The molecule has 0 unspecified atom stereocenters. The van der Waals surface area contributed by atoms with E-state index in [1.807, 2.05) is 6.20 Å². The molecule has 1 aliphatic carbocycles. The van der Waals surface area contributed by atoms with Gasteiger partial charge in [-0.05, 0) is 17.3 Å². The third kappa shape index (κ3) is 1.50. The number of nitrogens with zero attached hydrogens (tertiary/aromatic N) is 2. The fraction of sp³-hybridized carbons (Fsp3) is 0.357. The highest BCUT2D eigenvalue weighted by molar-refractivity contribution is 5.85. The van der Waals surface area contributed by atoms with Crippen LogP contribution in [0.25, 0.3) is 0 Å². The van der Waals surface area contributed by atoms with Gasteiger partial charge in [0.05, 0.1) is 12.1 Å². The van der Waals surface area contributed by atoms with E-state index in [0.29, 0.717) is 6.61 Å². The van der Waals surface area contributed by atoms with Gasteiger partial charge < -0.3 is 9.64 Å². The minimum Gasteiger partial charge on any atom is -0.367 e. The standard InChI is InChI=1S/C14H16N2O/c1-3-16-13(15-2)9-17-12-8-10-6-4-5-7-11(10)14(12)16/h3-7,12,14H,1,8-9H2,2H3/b15-13-/t12-,14+/m1/s1. The van der Waals surface area contributed by atoms with Crippen molar-refractivity contribution in [3.05, 3.63) is 48.2 Å². The lowest BCUT2D eigenvalue weighted by molar-refractivity contribution is 0.0140. The lowest BCUT2D eigenvalue weighted by Gasteiger charge is -2.38. The van der Waals surface area contributed by atoms with E-state index in [1.54, 1.807) is 7.05 Å². The molecule has 1 fully saturated rings. The van der Waals surface area contributed by atoms with Crippen LogP contribution in [0, 0.1) is 0 Å². The van der Waals surface area contributed by atoms with Crippen molar-refractivity contribution in [3.63, 3.8) is 0 Å². The van der Waals surface area contributed by atoms with E-state index in [1.165, 1.54) is 11.1 Å². The van der Waals surface area contributed by atoms with Gasteiger partial charge in [-0.2, -0.15) is 0 Å². The maximum absolute atomic E-state index is 5.90. The molecule has 1 aliphatic heterocycles. The van der Waals surface area contributed by atoms with Gasteiger partial charge in [-0.3, -0.25) is 4.99 Å². The van der Waals surface area contributed by atoms with Crippen LogP contribution in [0.5, 0.6) is 0 Å². The van der Waals surface area contributed by atoms with E-state index >= 15 is 0 Å². The second-order valence-corrected chi connectivity index (χ2v) is 4.43. The summed E-state index contributed by atoms with van der Waals surface area (Å²) in [4.78, 5) is 6.43. The zero-order valence-electron chi connectivity index (χ0n) is 9.97. The van der Waals surface area contributed by atoms with Crippen LogP contribution in [0.2, 0.25) is 0 Å². The van der Waals surface area contributed by atoms with Crippen LogP contribution in [-0.2, 0) is 11.2 Å². The predicted molar refractivity (Wildman–Crippen MR) is 68.0 cm³/mol. The molecule has 3 nitrogen and oxygen atoms in total. The Bertz CT molecular complexity index is 481. The molecule has 88 valence electrons. The van der Waals surface area contributed by atoms with Gasteiger partial charge in [-0.25, -0.2) is 0 Å². The third-order valence-corrected chi connectivity index (χ3v) is 3.63. The average Bonchev–Trinajstić information content (AvgIpc) is 2.76. The molecule has 3 heteroatoms. The van der Waals surface area contributed by atoms with Crippen molar-refractivity contribution in [3.8, 4) is 0 Å². The number of aliphatic imine (C=N–C) groups is 1. The van der Waals surface area contributed by atoms with E-state index in [4.69, 9.17) is 4.74 Å². The van der Waals surface area contributed by atoms with Gasteiger partial charge >= 0.3 is 0 Å². The number of fused-ring (bicyclic) bond motifs is 3. The number of ether oxygens (including phenoxy) is 1. The quantitative estimate of drug-likeness (QED) is 0.735. The molecule has 0 bridgehead atoms. The normalized spacial score (nSPS) is 29.0. The minimum atomic E-state index is 0.232. The maximum atomic E-state index is 5.90. The van der Waals surface area contributed by atoms with Crippen LogP contribution in [0.1, 0.15) is 17.2 Å². The first-order valence-corrected chi connectivity index (χ1v) is 5.91. The van der Waals surface area contributed by atoms with Gasteiger partial charge in [0.1, 0.15) is 12.4 Å². The fourth-order valence-corrected chi connectivity index (χ4v) is 2.83. The van der Waals surface area contributed by atoms with Gasteiger partial charge in [0, 0.05) is 13.5 Å². The summed E-state index contributed by atoms with van der Waals surface area (Å²) >= 11 is 0. The summed E-state index contributed by atoms with van der Waals surface area (Å²) in [5.74, 6) is 0.956. The van der Waals surface area contributed by atoms with Gasteiger partial charge in [0.25, 0.3) is 0 Å². The molecular formula is C14H16N2O. The fourth-order valence-electron chi connectivity index (χ4n) is 2.83. The first kappa shape index (κ1) is 10.5. The molecule has 0 aromatic heterocycles. The van der Waals surface area contributed by atoms with Crippen molar-refractivity contribution in [2.24, 2.45) is 4.99 Å². The Kier molecular flexibility index (Phi) is 2.48. The number of hydrogen-bond donors (Lipinski definition) is 0. The summed E-state index contributed by atoms with van der Waals surface area (Å²) in [5.41, 5.74) is 2.73. The van der Waals surface area contributed by atoms with Crippen LogP contribution in [-0.4, -0.2) is 30.5 Å². The maximum Gasteiger partial charge on any atom is 0.130 e. The molecule has 1 heterocycles. The Morgan fingerprint density at radius 1 is 1.47 bits per heavy atom. The summed E-state index contributed by atoms with van der Waals surface area (Å²) in [6, 6.07) is 8.78. The van der Waals surface area contributed by atoms with Gasteiger partial charge in [-0.1, -0.05) is 30.8 Å². The zero-order valence-corrected chi connectivity index (χ0v) is 9.97. The average molecular weight is 228 g/mol. The first-order valence-electron chi connectivity index (χ1n) is 5.91. The van der Waals surface area contributed by atoms with Crippen LogP contribution in [0.3, 0.4) is 0 Å². The largest absolute Gasteiger partial charge is 0.367 e. The Morgan fingerprint density at radius 2 is 2.29 bits per heavy atom. The third-order valence-electron chi connectivity index (χ3n) is 3.63. The number of hydrogen-bond acceptors (Lipinski definition) is 2. The smallest absolute Gasteiger partial charge is 0.130 e. The molecule has 1 aromatic carbocycles. The Hall–Kier alpha value is -1.61. The molecular weight excluding hydrogens is 212 g/mol. The lowest BCUT2D eigenvalue weighted by atomic mass is 10.1. The molecule has 0 saturated carbocycles. The van der Waals surface area contributed by atoms with E-state index < -0.39 is 0 Å². The Morgan fingerprint density at radius 3 is 3.06 bits per heavy atom. The number of morpholine rings is 1. The van der Waals surface area contributed by atoms with E-state index in [-0.39, 0.29) is 12.1 Å². The molecule has 0 N–H and O–H groups in total. The van der Waals surface area contributed by atoms with Crippen LogP contribution >= 0.6 is 0 Å². The van der Waals surface area contributed by atoms with Crippen molar-refractivity contribution >= 4 is 5.84 Å². The summed E-state index contributed by atoms with van der Waals surface area (Å²) < 4.78 is 5.90. The highest BCUT2D eigenvalue weighted by Gasteiger charge is 2.40. The topological polar surface area (TPSA) is 24.8 Å².